The topological polar surface area (TPSA) is 169 Å². The summed E-state index contributed by atoms with van der Waals surface area (Å²) in [6.07, 6.45) is -0.481. The van der Waals surface area contributed by atoms with Gasteiger partial charge in [-0.05, 0) is 35.8 Å². The van der Waals surface area contributed by atoms with Crippen molar-refractivity contribution in [3.8, 4) is 0 Å². The van der Waals surface area contributed by atoms with Crippen LogP contribution in [-0.2, 0) is 46.5 Å². The van der Waals surface area contributed by atoms with Crippen LogP contribution in [0.5, 0.6) is 0 Å². The number of Topliss-reactive ketones (excluding diaryl/α,β-unsaturated/α-hetero) is 1. The van der Waals surface area contributed by atoms with Gasteiger partial charge in [-0.1, -0.05) is 95.3 Å². The highest BCUT2D eigenvalue weighted by molar-refractivity contribution is 6.38. The van der Waals surface area contributed by atoms with Crippen LogP contribution in [0.25, 0.3) is 0 Å². The van der Waals surface area contributed by atoms with Gasteiger partial charge in [-0.3, -0.25) is 19.2 Å². The molecule has 0 aromatic heterocycles. The number of amides is 4. The van der Waals surface area contributed by atoms with E-state index >= 15 is 0 Å². The van der Waals surface area contributed by atoms with Gasteiger partial charge >= 0.3 is 12.1 Å². The second-order valence-corrected chi connectivity index (χ2v) is 11.7. The van der Waals surface area contributed by atoms with Gasteiger partial charge in [0.25, 0.3) is 5.91 Å². The number of ether oxygens (including phenoxy) is 2. The van der Waals surface area contributed by atoms with Gasteiger partial charge < -0.3 is 30.7 Å². The molecule has 0 saturated heterocycles. The van der Waals surface area contributed by atoms with Crippen molar-refractivity contribution in [2.24, 2.45) is 11.8 Å². The maximum Gasteiger partial charge on any atom is 0.408 e. The molecule has 4 N–H and O–H groups in total. The van der Waals surface area contributed by atoms with E-state index < -0.39 is 59.7 Å². The largest absolute Gasteiger partial charge is 0.467 e. The number of ketones is 1. The quantitative estimate of drug-likeness (QED) is 0.152. The summed E-state index contributed by atoms with van der Waals surface area (Å²) in [7, 11) is 1.21. The highest BCUT2D eigenvalue weighted by atomic mass is 16.5. The van der Waals surface area contributed by atoms with E-state index in [2.05, 4.69) is 21.3 Å². The predicted octanol–water partition coefficient (Wildman–Crippen LogP) is 2.83. The Labute approximate surface area is 270 Å². The van der Waals surface area contributed by atoms with E-state index in [9.17, 15) is 28.8 Å². The van der Waals surface area contributed by atoms with Crippen molar-refractivity contribution in [2.75, 3.05) is 7.11 Å². The van der Waals surface area contributed by atoms with Crippen molar-refractivity contribution in [1.29, 1.82) is 0 Å². The summed E-state index contributed by atoms with van der Waals surface area (Å²) in [6, 6.07) is 13.6. The molecule has 0 fully saturated rings. The van der Waals surface area contributed by atoms with Crippen molar-refractivity contribution in [3.63, 3.8) is 0 Å². The zero-order valence-electron chi connectivity index (χ0n) is 27.3. The van der Waals surface area contributed by atoms with E-state index in [1.165, 1.54) is 7.11 Å². The Morgan fingerprint density at radius 3 is 1.78 bits per heavy atom. The lowest BCUT2D eigenvalue weighted by Crippen LogP contribution is -2.57. The number of hydrogen-bond donors (Lipinski definition) is 4. The first-order valence-electron chi connectivity index (χ1n) is 15.4. The third kappa shape index (κ3) is 12.3. The maximum absolute atomic E-state index is 13.4. The fourth-order valence-electron chi connectivity index (χ4n) is 4.56. The van der Waals surface area contributed by atoms with E-state index in [0.717, 1.165) is 11.1 Å². The third-order valence-corrected chi connectivity index (χ3v) is 7.12. The van der Waals surface area contributed by atoms with Gasteiger partial charge in [0, 0.05) is 6.42 Å². The van der Waals surface area contributed by atoms with E-state index in [4.69, 9.17) is 9.47 Å². The zero-order valence-corrected chi connectivity index (χ0v) is 27.3. The fourth-order valence-corrected chi connectivity index (χ4v) is 4.56. The average Bonchev–Trinajstić information content (AvgIpc) is 3.04. The lowest BCUT2D eigenvalue weighted by atomic mass is 9.99. The van der Waals surface area contributed by atoms with Crippen LogP contribution in [0, 0.1) is 11.8 Å². The summed E-state index contributed by atoms with van der Waals surface area (Å²) in [6.45, 7) is 8.76. The Morgan fingerprint density at radius 1 is 0.696 bits per heavy atom. The van der Waals surface area contributed by atoms with E-state index in [-0.39, 0.29) is 37.7 Å². The van der Waals surface area contributed by atoms with Crippen LogP contribution in [0.2, 0.25) is 0 Å². The molecule has 0 radical (unpaired) electrons. The molecule has 0 aliphatic heterocycles. The van der Waals surface area contributed by atoms with Gasteiger partial charge in [0.15, 0.2) is 0 Å². The molecule has 0 heterocycles. The van der Waals surface area contributed by atoms with Crippen LogP contribution in [0.15, 0.2) is 60.7 Å². The van der Waals surface area contributed by atoms with E-state index in [1.807, 2.05) is 38.1 Å². The molecule has 0 saturated carbocycles. The number of rotatable bonds is 17. The number of alkyl carbamates (subject to hydrolysis) is 1. The summed E-state index contributed by atoms with van der Waals surface area (Å²) in [5, 5.41) is 10.2. The molecular weight excluding hydrogens is 592 g/mol. The van der Waals surface area contributed by atoms with Crippen molar-refractivity contribution >= 4 is 35.6 Å². The minimum atomic E-state index is -1.24. The normalized spacial score (nSPS) is 13.5. The molecule has 12 nitrogen and oxygen atoms in total. The first-order chi connectivity index (χ1) is 21.9. The fraction of sp³-hybridized carbons (Fsp3) is 0.471. The summed E-state index contributed by atoms with van der Waals surface area (Å²) in [4.78, 5) is 77.8. The Hall–Kier alpha value is -4.74. The molecule has 0 aliphatic rings. The Bertz CT molecular complexity index is 1320. The van der Waals surface area contributed by atoms with Crippen LogP contribution in [0.4, 0.5) is 4.79 Å². The van der Waals surface area contributed by atoms with Gasteiger partial charge in [0.2, 0.25) is 17.6 Å². The minimum absolute atomic E-state index is 0.00867. The second kappa shape index (κ2) is 18.9. The Balaban J connectivity index is 2.15. The van der Waals surface area contributed by atoms with Crippen molar-refractivity contribution in [1.82, 2.24) is 21.3 Å². The summed E-state index contributed by atoms with van der Waals surface area (Å²) < 4.78 is 10.1. The highest BCUT2D eigenvalue weighted by Crippen LogP contribution is 2.10. The van der Waals surface area contributed by atoms with Crippen LogP contribution in [-0.4, -0.2) is 66.8 Å². The number of carbonyl (C=O) groups excluding carboxylic acids is 6. The Kier molecular flexibility index (Phi) is 15.4. The lowest BCUT2D eigenvalue weighted by molar-refractivity contribution is -0.147. The SMILES string of the molecule is CC[C@H](NC(=O)[C@H](Cc1ccccc1)NC(=O)OCc1ccccc1)C(=O)C(=O)N[C@@H](CC(C)C)C(=O)N[C@H](C(=O)OC)C(C)C. The van der Waals surface area contributed by atoms with Crippen molar-refractivity contribution in [3.05, 3.63) is 71.8 Å². The molecule has 4 amide bonds. The molecule has 4 atom stereocenters. The lowest BCUT2D eigenvalue weighted by Gasteiger charge is -2.26. The monoisotopic (exact) mass is 638 g/mol. The summed E-state index contributed by atoms with van der Waals surface area (Å²) in [5.74, 6) is -4.33. The second-order valence-electron chi connectivity index (χ2n) is 11.7. The summed E-state index contributed by atoms with van der Waals surface area (Å²) >= 11 is 0. The molecule has 0 unspecified atom stereocenters. The van der Waals surface area contributed by atoms with Gasteiger partial charge in [0.05, 0.1) is 13.2 Å². The predicted molar refractivity (Wildman–Crippen MR) is 171 cm³/mol. The number of carbonyl (C=O) groups is 6. The summed E-state index contributed by atoms with van der Waals surface area (Å²) in [5.41, 5.74) is 1.51. The first kappa shape index (κ1) is 37.4. The van der Waals surface area contributed by atoms with Gasteiger partial charge in [-0.25, -0.2) is 9.59 Å². The van der Waals surface area contributed by atoms with Gasteiger partial charge in [0.1, 0.15) is 24.7 Å². The number of hydrogen-bond acceptors (Lipinski definition) is 8. The van der Waals surface area contributed by atoms with E-state index in [1.54, 1.807) is 57.2 Å². The highest BCUT2D eigenvalue weighted by Gasteiger charge is 2.34. The molecule has 0 bridgehead atoms. The van der Waals surface area contributed by atoms with Crippen molar-refractivity contribution < 1.29 is 38.2 Å². The first-order valence-corrected chi connectivity index (χ1v) is 15.4. The number of esters is 1. The van der Waals surface area contributed by atoms with Gasteiger partial charge in [-0.15, -0.1) is 0 Å². The molecule has 250 valence electrons. The van der Waals surface area contributed by atoms with Crippen LogP contribution < -0.4 is 21.3 Å². The zero-order chi connectivity index (χ0) is 34.2. The number of methoxy groups -OCH3 is 1. The Morgan fingerprint density at radius 2 is 1.26 bits per heavy atom. The van der Waals surface area contributed by atoms with Crippen molar-refractivity contribution in [2.45, 2.75) is 84.7 Å². The molecule has 0 spiro atoms. The van der Waals surface area contributed by atoms with Crippen LogP contribution in [0.3, 0.4) is 0 Å². The van der Waals surface area contributed by atoms with Crippen LogP contribution in [0.1, 0.15) is 58.6 Å². The number of nitrogens with one attached hydrogen (secondary N) is 4. The molecule has 12 heteroatoms. The molecule has 2 rings (SSSR count). The molecule has 2 aromatic carbocycles. The average molecular weight is 639 g/mol. The molecule has 0 aliphatic carbocycles. The minimum Gasteiger partial charge on any atom is -0.467 e. The maximum atomic E-state index is 13.4. The molecular formula is C34H46N4O8. The molecule has 46 heavy (non-hydrogen) atoms. The number of benzene rings is 2. The standard InChI is InChI=1S/C34H46N4O8/c1-7-25(29(39)32(42)36-26(18-21(2)3)31(41)38-28(22(4)5)33(43)45-6)35-30(40)27(19-23-14-10-8-11-15-23)37-34(44)46-20-24-16-12-9-13-17-24/h8-17,21-22,25-28H,7,18-20H2,1-6H3,(H,35,40)(H,36,42)(H,37,44)(H,38,41)/t25-,26-,27-,28-/m0/s1. The van der Waals surface area contributed by atoms with E-state index in [0.29, 0.717) is 0 Å². The van der Waals surface area contributed by atoms with Gasteiger partial charge in [-0.2, -0.15) is 0 Å². The van der Waals surface area contributed by atoms with Crippen LogP contribution >= 0.6 is 0 Å². The smallest absolute Gasteiger partial charge is 0.408 e. The third-order valence-electron chi connectivity index (χ3n) is 7.12. The molecule has 2 aromatic rings.